The number of hydroxylamine groups is 1. The molecule has 0 amide bonds. The van der Waals surface area contributed by atoms with E-state index in [0.717, 1.165) is 17.6 Å². The molecule has 0 aromatic rings. The molecule has 0 fully saturated rings. The molecule has 0 radical (unpaired) electrons. The third-order valence-corrected chi connectivity index (χ3v) is 3.37. The van der Waals surface area contributed by atoms with Gasteiger partial charge in [0, 0.05) is 12.8 Å². The van der Waals surface area contributed by atoms with Gasteiger partial charge >= 0.3 is 0 Å². The largest absolute Gasteiger partial charge is 0.624 e. The summed E-state index contributed by atoms with van der Waals surface area (Å²) in [5.74, 6) is 0. The maximum atomic E-state index is 11.5. The van der Waals surface area contributed by atoms with Gasteiger partial charge in [-0.1, -0.05) is 65.2 Å². The molecule has 0 heterocycles. The Labute approximate surface area is 114 Å². The SMILES string of the molecule is CCCCCCCC=[N+]([O-])CCCCCCCC. The molecule has 2 nitrogen and oxygen atoms in total. The lowest BCUT2D eigenvalue weighted by Crippen LogP contribution is -2.06. The van der Waals surface area contributed by atoms with Crippen LogP contribution in [0.25, 0.3) is 0 Å². The van der Waals surface area contributed by atoms with E-state index in [1.807, 2.05) is 6.21 Å². The van der Waals surface area contributed by atoms with Gasteiger partial charge in [0.1, 0.15) is 0 Å². The Kier molecular flexibility index (Phi) is 14.1. The van der Waals surface area contributed by atoms with Crippen LogP contribution in [0.1, 0.15) is 90.9 Å². The number of unbranched alkanes of at least 4 members (excludes halogenated alkanes) is 10. The van der Waals surface area contributed by atoms with Crippen LogP contribution in [0.3, 0.4) is 0 Å². The second-order valence-electron chi connectivity index (χ2n) is 5.29. The standard InChI is InChI=1S/C16H33NO/c1-3-5-7-9-11-13-15-17(18)16-14-12-10-8-6-4-2/h15H,3-14,16H2,1-2H3. The predicted octanol–water partition coefficient (Wildman–Crippen LogP) is 5.29. The molecule has 0 saturated heterocycles. The van der Waals surface area contributed by atoms with E-state index in [4.69, 9.17) is 0 Å². The van der Waals surface area contributed by atoms with Crippen LogP contribution in [-0.4, -0.2) is 17.5 Å². The van der Waals surface area contributed by atoms with E-state index in [0.29, 0.717) is 6.54 Å². The van der Waals surface area contributed by atoms with Crippen molar-refractivity contribution in [3.63, 3.8) is 0 Å². The second-order valence-corrected chi connectivity index (χ2v) is 5.29. The van der Waals surface area contributed by atoms with Crippen molar-refractivity contribution in [1.29, 1.82) is 0 Å². The van der Waals surface area contributed by atoms with E-state index < -0.39 is 0 Å². The number of hydrogen-bond acceptors (Lipinski definition) is 1. The van der Waals surface area contributed by atoms with E-state index in [2.05, 4.69) is 13.8 Å². The Morgan fingerprint density at radius 3 is 1.83 bits per heavy atom. The zero-order valence-electron chi connectivity index (χ0n) is 12.6. The first-order valence-electron chi connectivity index (χ1n) is 8.08. The fourth-order valence-electron chi connectivity index (χ4n) is 2.12. The minimum Gasteiger partial charge on any atom is -0.624 e. The molecule has 2 heteroatoms. The highest BCUT2D eigenvalue weighted by atomic mass is 16.5. The van der Waals surface area contributed by atoms with Gasteiger partial charge in [-0.3, -0.25) is 0 Å². The fraction of sp³-hybridized carbons (Fsp3) is 0.938. The molecule has 0 aromatic carbocycles. The van der Waals surface area contributed by atoms with E-state index in [1.165, 1.54) is 64.2 Å². The van der Waals surface area contributed by atoms with Crippen molar-refractivity contribution in [3.8, 4) is 0 Å². The zero-order valence-corrected chi connectivity index (χ0v) is 12.6. The summed E-state index contributed by atoms with van der Waals surface area (Å²) < 4.78 is 1.15. The monoisotopic (exact) mass is 255 g/mol. The zero-order chi connectivity index (χ0) is 13.5. The third kappa shape index (κ3) is 13.5. The lowest BCUT2D eigenvalue weighted by atomic mass is 10.1. The minimum absolute atomic E-state index is 0.696. The predicted molar refractivity (Wildman–Crippen MR) is 81.3 cm³/mol. The van der Waals surface area contributed by atoms with Crippen molar-refractivity contribution < 1.29 is 4.74 Å². The van der Waals surface area contributed by atoms with Gasteiger partial charge in [0.05, 0.1) is 0 Å². The van der Waals surface area contributed by atoms with Crippen LogP contribution >= 0.6 is 0 Å². The van der Waals surface area contributed by atoms with Crippen LogP contribution in [-0.2, 0) is 0 Å². The number of hydrogen-bond donors (Lipinski definition) is 0. The number of rotatable bonds is 13. The average molecular weight is 255 g/mol. The lowest BCUT2D eigenvalue weighted by molar-refractivity contribution is -0.454. The quantitative estimate of drug-likeness (QED) is 0.144. The van der Waals surface area contributed by atoms with Crippen LogP contribution in [0.5, 0.6) is 0 Å². The molecule has 0 saturated carbocycles. The average Bonchev–Trinajstić information content (AvgIpc) is 2.38. The summed E-state index contributed by atoms with van der Waals surface area (Å²) in [5, 5.41) is 11.5. The van der Waals surface area contributed by atoms with Crippen molar-refractivity contribution >= 4 is 6.21 Å². The Morgan fingerprint density at radius 2 is 1.22 bits per heavy atom. The Hall–Kier alpha value is -0.530. The Morgan fingerprint density at radius 1 is 0.722 bits per heavy atom. The fourth-order valence-corrected chi connectivity index (χ4v) is 2.12. The van der Waals surface area contributed by atoms with Crippen molar-refractivity contribution in [2.45, 2.75) is 90.9 Å². The van der Waals surface area contributed by atoms with Crippen LogP contribution < -0.4 is 0 Å². The molecule has 108 valence electrons. The molecule has 0 aliphatic rings. The summed E-state index contributed by atoms with van der Waals surface area (Å²) in [6.45, 7) is 5.15. The molecule has 0 rings (SSSR count). The first-order valence-corrected chi connectivity index (χ1v) is 8.08. The maximum Gasteiger partial charge on any atom is 0.153 e. The molecular weight excluding hydrogens is 222 g/mol. The van der Waals surface area contributed by atoms with Gasteiger partial charge in [0.25, 0.3) is 0 Å². The lowest BCUT2D eigenvalue weighted by Gasteiger charge is -2.04. The second kappa shape index (κ2) is 14.5. The van der Waals surface area contributed by atoms with Gasteiger partial charge in [-0.15, -0.1) is 0 Å². The summed E-state index contributed by atoms with van der Waals surface area (Å²) in [5.41, 5.74) is 0. The third-order valence-electron chi connectivity index (χ3n) is 3.37. The van der Waals surface area contributed by atoms with E-state index in [1.54, 1.807) is 0 Å². The van der Waals surface area contributed by atoms with Crippen LogP contribution in [0.2, 0.25) is 0 Å². The van der Waals surface area contributed by atoms with Crippen LogP contribution in [0.15, 0.2) is 0 Å². The molecule has 0 unspecified atom stereocenters. The van der Waals surface area contributed by atoms with E-state index in [9.17, 15) is 5.21 Å². The number of nitrogens with zero attached hydrogens (tertiary/aromatic N) is 1. The van der Waals surface area contributed by atoms with Gasteiger partial charge in [-0.05, 0) is 12.8 Å². The van der Waals surface area contributed by atoms with Gasteiger partial charge in [-0.25, -0.2) is 4.74 Å². The normalized spacial score (nSPS) is 12.0. The highest BCUT2D eigenvalue weighted by Crippen LogP contribution is 2.05. The first-order chi connectivity index (χ1) is 8.81. The Balaban J connectivity index is 3.26. The van der Waals surface area contributed by atoms with Gasteiger partial charge in [0.2, 0.25) is 0 Å². The topological polar surface area (TPSA) is 26.1 Å². The highest BCUT2D eigenvalue weighted by Gasteiger charge is 1.95. The molecule has 0 spiro atoms. The summed E-state index contributed by atoms with van der Waals surface area (Å²) in [7, 11) is 0. The molecule has 0 aromatic heterocycles. The smallest absolute Gasteiger partial charge is 0.153 e. The van der Waals surface area contributed by atoms with E-state index >= 15 is 0 Å². The summed E-state index contributed by atoms with van der Waals surface area (Å²) in [4.78, 5) is 0. The van der Waals surface area contributed by atoms with Gasteiger partial charge < -0.3 is 5.21 Å². The highest BCUT2D eigenvalue weighted by molar-refractivity contribution is 5.50. The summed E-state index contributed by atoms with van der Waals surface area (Å²) in [6.07, 6.45) is 16.7. The van der Waals surface area contributed by atoms with Crippen molar-refractivity contribution in [2.24, 2.45) is 0 Å². The Bertz CT molecular complexity index is 190. The van der Waals surface area contributed by atoms with Crippen molar-refractivity contribution in [1.82, 2.24) is 0 Å². The molecular formula is C16H33NO. The minimum atomic E-state index is 0.696. The molecule has 0 bridgehead atoms. The molecule has 0 aliphatic heterocycles. The van der Waals surface area contributed by atoms with E-state index in [-0.39, 0.29) is 0 Å². The summed E-state index contributed by atoms with van der Waals surface area (Å²) >= 11 is 0. The van der Waals surface area contributed by atoms with Gasteiger partial charge in [0.15, 0.2) is 12.8 Å². The maximum absolute atomic E-state index is 11.5. The summed E-state index contributed by atoms with van der Waals surface area (Å²) in [6, 6.07) is 0. The first kappa shape index (κ1) is 17.5. The van der Waals surface area contributed by atoms with Crippen molar-refractivity contribution in [2.75, 3.05) is 6.54 Å². The van der Waals surface area contributed by atoms with Gasteiger partial charge in [-0.2, -0.15) is 0 Å². The molecule has 0 N–H and O–H groups in total. The molecule has 0 aliphatic carbocycles. The van der Waals surface area contributed by atoms with Crippen LogP contribution in [0, 0.1) is 5.21 Å². The van der Waals surface area contributed by atoms with Crippen molar-refractivity contribution in [3.05, 3.63) is 5.21 Å². The molecule has 18 heavy (non-hydrogen) atoms. The van der Waals surface area contributed by atoms with Crippen LogP contribution in [0.4, 0.5) is 0 Å². The molecule has 0 atom stereocenters.